The second kappa shape index (κ2) is 6.31. The normalized spacial score (nSPS) is 12.6. The van der Waals surface area contributed by atoms with Crippen LogP contribution < -0.4 is 10.2 Å². The predicted molar refractivity (Wildman–Crippen MR) is 88.6 cm³/mol. The molecule has 0 aliphatic carbocycles. The van der Waals surface area contributed by atoms with Gasteiger partial charge in [-0.25, -0.2) is 4.98 Å². The smallest absolute Gasteiger partial charge is 0.128 e. The first-order chi connectivity index (χ1) is 8.98. The predicted octanol–water partition coefficient (Wildman–Crippen LogP) is 4.11. The van der Waals surface area contributed by atoms with Crippen LogP contribution in [0.15, 0.2) is 12.1 Å². The summed E-state index contributed by atoms with van der Waals surface area (Å²) in [6.07, 6.45) is 0. The highest BCUT2D eigenvalue weighted by Gasteiger charge is 2.16. The molecule has 1 N–H and O–H groups in total. The van der Waals surface area contributed by atoms with Crippen molar-refractivity contribution in [3.63, 3.8) is 0 Å². The number of aromatic nitrogens is 1. The molecule has 0 aromatic carbocycles. The van der Waals surface area contributed by atoms with Gasteiger partial charge in [-0.1, -0.05) is 32.4 Å². The summed E-state index contributed by atoms with van der Waals surface area (Å²) in [5, 5.41) is 4.15. The number of hydrogen-bond donors (Lipinski definition) is 1. The zero-order valence-corrected chi connectivity index (χ0v) is 14.6. The van der Waals surface area contributed by atoms with Gasteiger partial charge in [0.1, 0.15) is 5.82 Å². The SMILES string of the molecule is CN(CC(C)(C)C)c1ccc(Cl)c(CNC(C)(C)C)n1. The van der Waals surface area contributed by atoms with Crippen molar-refractivity contribution in [2.75, 3.05) is 18.5 Å². The molecule has 4 heteroatoms. The van der Waals surface area contributed by atoms with Crippen LogP contribution in [-0.2, 0) is 6.54 Å². The Morgan fingerprint density at radius 2 is 1.75 bits per heavy atom. The first-order valence-corrected chi connectivity index (χ1v) is 7.47. The fourth-order valence-electron chi connectivity index (χ4n) is 1.95. The number of nitrogens with zero attached hydrogens (tertiary/aromatic N) is 2. The summed E-state index contributed by atoms with van der Waals surface area (Å²) in [5.74, 6) is 0.968. The van der Waals surface area contributed by atoms with Gasteiger partial charge in [-0.3, -0.25) is 0 Å². The van der Waals surface area contributed by atoms with Crippen LogP contribution >= 0.6 is 11.6 Å². The van der Waals surface area contributed by atoms with E-state index >= 15 is 0 Å². The molecule has 1 aromatic heterocycles. The van der Waals surface area contributed by atoms with Crippen molar-refractivity contribution >= 4 is 17.4 Å². The third kappa shape index (κ3) is 6.10. The average molecular weight is 298 g/mol. The molecule has 0 saturated heterocycles. The Hall–Kier alpha value is -0.800. The molecule has 3 nitrogen and oxygen atoms in total. The minimum atomic E-state index is 0.0539. The molecule has 0 aliphatic rings. The Bertz CT molecular complexity index is 444. The van der Waals surface area contributed by atoms with Crippen LogP contribution in [0.25, 0.3) is 0 Å². The van der Waals surface area contributed by atoms with E-state index in [1.807, 2.05) is 12.1 Å². The van der Waals surface area contributed by atoms with Crippen molar-refractivity contribution in [1.82, 2.24) is 10.3 Å². The highest BCUT2D eigenvalue weighted by atomic mass is 35.5. The third-order valence-electron chi connectivity index (χ3n) is 2.79. The maximum Gasteiger partial charge on any atom is 0.128 e. The molecule has 0 fully saturated rings. The number of pyridine rings is 1. The molecule has 114 valence electrons. The van der Waals surface area contributed by atoms with Gasteiger partial charge in [-0.2, -0.15) is 0 Å². The van der Waals surface area contributed by atoms with Crippen LogP contribution in [-0.4, -0.2) is 24.1 Å². The second-order valence-corrected chi connectivity index (χ2v) is 8.03. The van der Waals surface area contributed by atoms with E-state index in [-0.39, 0.29) is 11.0 Å². The van der Waals surface area contributed by atoms with Crippen molar-refractivity contribution in [2.45, 2.75) is 53.6 Å². The van der Waals surface area contributed by atoms with Gasteiger partial charge in [0.05, 0.1) is 10.7 Å². The van der Waals surface area contributed by atoms with Crippen molar-refractivity contribution in [1.29, 1.82) is 0 Å². The Morgan fingerprint density at radius 1 is 1.15 bits per heavy atom. The monoisotopic (exact) mass is 297 g/mol. The topological polar surface area (TPSA) is 28.2 Å². The van der Waals surface area contributed by atoms with Gasteiger partial charge in [-0.05, 0) is 38.3 Å². The van der Waals surface area contributed by atoms with Gasteiger partial charge >= 0.3 is 0 Å². The number of rotatable bonds is 4. The number of halogens is 1. The molecule has 1 rings (SSSR count). The standard InChI is InChI=1S/C16H28ClN3/c1-15(2,3)11-20(7)14-9-8-12(17)13(19-14)10-18-16(4,5)6/h8-9,18H,10-11H2,1-7H3. The van der Waals surface area contributed by atoms with Crippen LogP contribution in [0.2, 0.25) is 5.02 Å². The third-order valence-corrected chi connectivity index (χ3v) is 3.14. The van der Waals surface area contributed by atoms with Crippen molar-refractivity contribution in [3.05, 3.63) is 22.8 Å². The van der Waals surface area contributed by atoms with E-state index in [0.29, 0.717) is 6.54 Å². The molecule has 0 radical (unpaired) electrons. The van der Waals surface area contributed by atoms with Crippen LogP contribution in [0, 0.1) is 5.41 Å². The van der Waals surface area contributed by atoms with E-state index in [0.717, 1.165) is 23.1 Å². The van der Waals surface area contributed by atoms with Crippen molar-refractivity contribution in [3.8, 4) is 0 Å². The molecule has 0 atom stereocenters. The summed E-state index contributed by atoms with van der Waals surface area (Å²) in [4.78, 5) is 6.87. The molecule has 0 aliphatic heterocycles. The summed E-state index contributed by atoms with van der Waals surface area (Å²) in [6, 6.07) is 3.91. The van der Waals surface area contributed by atoms with Crippen LogP contribution in [0.5, 0.6) is 0 Å². The lowest BCUT2D eigenvalue weighted by Crippen LogP contribution is -2.35. The first kappa shape index (κ1) is 17.3. The van der Waals surface area contributed by atoms with Gasteiger partial charge in [0.25, 0.3) is 0 Å². The Morgan fingerprint density at radius 3 is 2.25 bits per heavy atom. The quantitative estimate of drug-likeness (QED) is 0.906. The van der Waals surface area contributed by atoms with Crippen LogP contribution in [0.4, 0.5) is 5.82 Å². The summed E-state index contributed by atoms with van der Waals surface area (Å²) in [7, 11) is 2.07. The Kier molecular flexibility index (Phi) is 5.45. The summed E-state index contributed by atoms with van der Waals surface area (Å²) in [5.41, 5.74) is 1.19. The molecule has 0 unspecified atom stereocenters. The van der Waals surface area contributed by atoms with E-state index < -0.39 is 0 Å². The van der Waals surface area contributed by atoms with Gasteiger partial charge in [0.2, 0.25) is 0 Å². The zero-order valence-electron chi connectivity index (χ0n) is 13.8. The first-order valence-electron chi connectivity index (χ1n) is 7.09. The van der Waals surface area contributed by atoms with Crippen LogP contribution in [0.3, 0.4) is 0 Å². The fraction of sp³-hybridized carbons (Fsp3) is 0.688. The molecule has 20 heavy (non-hydrogen) atoms. The molecule has 1 heterocycles. The maximum atomic E-state index is 6.24. The van der Waals surface area contributed by atoms with E-state index in [1.54, 1.807) is 0 Å². The fourth-order valence-corrected chi connectivity index (χ4v) is 2.12. The van der Waals surface area contributed by atoms with Gasteiger partial charge in [0.15, 0.2) is 0 Å². The summed E-state index contributed by atoms with van der Waals surface area (Å²) < 4.78 is 0. The highest BCUT2D eigenvalue weighted by molar-refractivity contribution is 6.31. The van der Waals surface area contributed by atoms with Gasteiger partial charge < -0.3 is 10.2 Å². The van der Waals surface area contributed by atoms with Crippen molar-refractivity contribution < 1.29 is 0 Å². The average Bonchev–Trinajstić information content (AvgIpc) is 2.24. The minimum absolute atomic E-state index is 0.0539. The Labute approximate surface area is 128 Å². The number of hydrogen-bond acceptors (Lipinski definition) is 3. The lowest BCUT2D eigenvalue weighted by molar-refractivity contribution is 0.415. The lowest BCUT2D eigenvalue weighted by atomic mass is 9.96. The lowest BCUT2D eigenvalue weighted by Gasteiger charge is -2.28. The van der Waals surface area contributed by atoms with Gasteiger partial charge in [-0.15, -0.1) is 0 Å². The number of anilines is 1. The van der Waals surface area contributed by atoms with Crippen LogP contribution in [0.1, 0.15) is 47.2 Å². The zero-order chi connectivity index (χ0) is 15.6. The Balaban J connectivity index is 2.85. The van der Waals surface area contributed by atoms with E-state index in [1.165, 1.54) is 0 Å². The van der Waals surface area contributed by atoms with E-state index in [2.05, 4.69) is 58.8 Å². The molecule has 0 amide bonds. The van der Waals surface area contributed by atoms with E-state index in [9.17, 15) is 0 Å². The molecular weight excluding hydrogens is 270 g/mol. The largest absolute Gasteiger partial charge is 0.359 e. The van der Waals surface area contributed by atoms with Gasteiger partial charge in [0, 0.05) is 25.7 Å². The summed E-state index contributed by atoms with van der Waals surface area (Å²) >= 11 is 6.24. The summed E-state index contributed by atoms with van der Waals surface area (Å²) in [6.45, 7) is 14.7. The molecule has 0 bridgehead atoms. The minimum Gasteiger partial charge on any atom is -0.359 e. The second-order valence-electron chi connectivity index (χ2n) is 7.62. The molecule has 0 saturated carbocycles. The molecular formula is C16H28ClN3. The highest BCUT2D eigenvalue weighted by Crippen LogP contribution is 2.22. The molecule has 0 spiro atoms. The maximum absolute atomic E-state index is 6.24. The van der Waals surface area contributed by atoms with E-state index in [4.69, 9.17) is 16.6 Å². The number of nitrogens with one attached hydrogen (secondary N) is 1. The van der Waals surface area contributed by atoms with Crippen molar-refractivity contribution in [2.24, 2.45) is 5.41 Å². The molecule has 1 aromatic rings.